The first kappa shape index (κ1) is 15.3. The Morgan fingerprint density at radius 1 is 1.62 bits per heavy atom. The van der Waals surface area contributed by atoms with Crippen LogP contribution in [0.4, 0.5) is 4.39 Å². The number of nitrogens with two attached hydrogens (primary N) is 1. The van der Waals surface area contributed by atoms with Crippen molar-refractivity contribution in [1.82, 2.24) is 0 Å². The summed E-state index contributed by atoms with van der Waals surface area (Å²) in [5.41, 5.74) is 6.30. The zero-order valence-electron chi connectivity index (χ0n) is 8.57. The van der Waals surface area contributed by atoms with Crippen molar-refractivity contribution in [3.8, 4) is 0 Å². The second-order valence-electron chi connectivity index (χ2n) is 3.05. The van der Waals surface area contributed by atoms with Crippen molar-refractivity contribution < 1.29 is 13.9 Å². The lowest BCUT2D eigenvalue weighted by Gasteiger charge is -2.12. The molecular formula is C10H12BrClFNO2. The average molecular weight is 313 g/mol. The van der Waals surface area contributed by atoms with E-state index < -0.39 is 12.0 Å². The molecule has 0 heterocycles. The van der Waals surface area contributed by atoms with E-state index in [0.717, 1.165) is 0 Å². The smallest absolute Gasteiger partial charge is 0.307 e. The maximum atomic E-state index is 12.9. The van der Waals surface area contributed by atoms with Crippen LogP contribution < -0.4 is 5.73 Å². The number of rotatable bonds is 3. The predicted molar refractivity (Wildman–Crippen MR) is 64.9 cm³/mol. The van der Waals surface area contributed by atoms with Crippen LogP contribution in [0.15, 0.2) is 22.7 Å². The van der Waals surface area contributed by atoms with Gasteiger partial charge in [-0.25, -0.2) is 4.39 Å². The number of methoxy groups -OCH3 is 1. The SMILES string of the molecule is COC(=O)C[C@@H](N)c1cc(F)ccc1Br.Cl. The van der Waals surface area contributed by atoms with Crippen LogP contribution in [0.25, 0.3) is 0 Å². The Balaban J connectivity index is 0.00000225. The summed E-state index contributed by atoms with van der Waals surface area (Å²) >= 11 is 3.24. The Bertz CT molecular complexity index is 376. The summed E-state index contributed by atoms with van der Waals surface area (Å²) in [6, 6.07) is 3.61. The molecule has 90 valence electrons. The third kappa shape index (κ3) is 4.08. The largest absolute Gasteiger partial charge is 0.469 e. The maximum absolute atomic E-state index is 12.9. The van der Waals surface area contributed by atoms with Crippen molar-refractivity contribution in [3.05, 3.63) is 34.1 Å². The Morgan fingerprint density at radius 2 is 2.25 bits per heavy atom. The van der Waals surface area contributed by atoms with Gasteiger partial charge in [-0.1, -0.05) is 15.9 Å². The molecule has 0 radical (unpaired) electrons. The highest BCUT2D eigenvalue weighted by molar-refractivity contribution is 9.10. The van der Waals surface area contributed by atoms with Gasteiger partial charge in [0.2, 0.25) is 0 Å². The summed E-state index contributed by atoms with van der Waals surface area (Å²) in [4.78, 5) is 11.0. The van der Waals surface area contributed by atoms with Crippen molar-refractivity contribution in [2.24, 2.45) is 5.73 Å². The number of carbonyl (C=O) groups excluding carboxylic acids is 1. The monoisotopic (exact) mass is 311 g/mol. The maximum Gasteiger partial charge on any atom is 0.307 e. The van der Waals surface area contributed by atoms with Crippen molar-refractivity contribution in [2.45, 2.75) is 12.5 Å². The first-order valence-electron chi connectivity index (χ1n) is 4.32. The van der Waals surface area contributed by atoms with Crippen LogP contribution in [0.1, 0.15) is 18.0 Å². The molecule has 1 aromatic rings. The van der Waals surface area contributed by atoms with Gasteiger partial charge < -0.3 is 10.5 Å². The molecule has 0 saturated carbocycles. The lowest BCUT2D eigenvalue weighted by molar-refractivity contribution is -0.141. The zero-order chi connectivity index (χ0) is 11.4. The fourth-order valence-electron chi connectivity index (χ4n) is 1.17. The molecule has 0 spiro atoms. The lowest BCUT2D eigenvalue weighted by Crippen LogP contribution is -2.17. The van der Waals surface area contributed by atoms with Gasteiger partial charge in [0.1, 0.15) is 5.82 Å². The van der Waals surface area contributed by atoms with Gasteiger partial charge >= 0.3 is 5.97 Å². The van der Waals surface area contributed by atoms with Crippen LogP contribution in [0.3, 0.4) is 0 Å². The van der Waals surface area contributed by atoms with E-state index in [1.807, 2.05) is 0 Å². The number of hydrogen-bond donors (Lipinski definition) is 1. The minimum atomic E-state index is -0.567. The van der Waals surface area contributed by atoms with Crippen LogP contribution in [0.5, 0.6) is 0 Å². The van der Waals surface area contributed by atoms with E-state index in [0.29, 0.717) is 10.0 Å². The molecule has 16 heavy (non-hydrogen) atoms. The number of hydrogen-bond acceptors (Lipinski definition) is 3. The molecule has 0 aliphatic heterocycles. The Kier molecular flexibility index (Phi) is 6.55. The molecule has 0 aliphatic carbocycles. The highest BCUT2D eigenvalue weighted by atomic mass is 79.9. The van der Waals surface area contributed by atoms with E-state index in [-0.39, 0.29) is 24.6 Å². The van der Waals surface area contributed by atoms with Gasteiger partial charge in [-0.3, -0.25) is 4.79 Å². The average Bonchev–Trinajstić information content (AvgIpc) is 2.21. The molecule has 3 nitrogen and oxygen atoms in total. The van der Waals surface area contributed by atoms with Gasteiger partial charge in [0.25, 0.3) is 0 Å². The number of esters is 1. The standard InChI is InChI=1S/C10H11BrFNO2.ClH/c1-15-10(14)5-9(13)7-4-6(12)2-3-8(7)11;/h2-4,9H,5,13H2,1H3;1H/t9-;/m1./s1. The van der Waals surface area contributed by atoms with Crippen LogP contribution >= 0.6 is 28.3 Å². The molecule has 0 bridgehead atoms. The van der Waals surface area contributed by atoms with Gasteiger partial charge in [-0.15, -0.1) is 12.4 Å². The minimum absolute atomic E-state index is 0. The fourth-order valence-corrected chi connectivity index (χ4v) is 1.71. The third-order valence-corrected chi connectivity index (χ3v) is 2.69. The molecule has 6 heteroatoms. The van der Waals surface area contributed by atoms with Crippen LogP contribution in [0.2, 0.25) is 0 Å². The first-order chi connectivity index (χ1) is 7.04. The van der Waals surface area contributed by atoms with E-state index in [9.17, 15) is 9.18 Å². The van der Waals surface area contributed by atoms with E-state index in [4.69, 9.17) is 5.73 Å². The van der Waals surface area contributed by atoms with Crippen molar-refractivity contribution in [3.63, 3.8) is 0 Å². The first-order valence-corrected chi connectivity index (χ1v) is 5.11. The quantitative estimate of drug-likeness (QED) is 0.873. The topological polar surface area (TPSA) is 52.3 Å². The van der Waals surface area contributed by atoms with E-state index in [1.165, 1.54) is 19.2 Å². The van der Waals surface area contributed by atoms with E-state index in [1.54, 1.807) is 6.07 Å². The summed E-state index contributed by atoms with van der Waals surface area (Å²) in [5.74, 6) is -0.799. The van der Waals surface area contributed by atoms with E-state index in [2.05, 4.69) is 20.7 Å². The summed E-state index contributed by atoms with van der Waals surface area (Å²) in [6.45, 7) is 0. The number of halogens is 3. The number of ether oxygens (including phenoxy) is 1. The highest BCUT2D eigenvalue weighted by Gasteiger charge is 2.15. The predicted octanol–water partition coefficient (Wildman–Crippen LogP) is 2.57. The number of benzene rings is 1. The van der Waals surface area contributed by atoms with Gasteiger partial charge in [0.05, 0.1) is 13.5 Å². The summed E-state index contributed by atoms with van der Waals surface area (Å²) in [6.07, 6.45) is 0.0263. The third-order valence-electron chi connectivity index (χ3n) is 1.97. The summed E-state index contributed by atoms with van der Waals surface area (Å²) in [5, 5.41) is 0. The van der Waals surface area contributed by atoms with Gasteiger partial charge in [0, 0.05) is 10.5 Å². The van der Waals surface area contributed by atoms with Crippen LogP contribution in [-0.2, 0) is 9.53 Å². The molecule has 0 amide bonds. The molecule has 0 aromatic heterocycles. The highest BCUT2D eigenvalue weighted by Crippen LogP contribution is 2.25. The van der Waals surface area contributed by atoms with Gasteiger partial charge in [-0.05, 0) is 23.8 Å². The Labute approximate surface area is 108 Å². The van der Waals surface area contributed by atoms with Crippen molar-refractivity contribution in [2.75, 3.05) is 7.11 Å². The second-order valence-corrected chi connectivity index (χ2v) is 3.91. The molecule has 1 aromatic carbocycles. The fraction of sp³-hybridized carbons (Fsp3) is 0.300. The van der Waals surface area contributed by atoms with Crippen LogP contribution in [0, 0.1) is 5.82 Å². The summed E-state index contributed by atoms with van der Waals surface area (Å²) < 4.78 is 18.1. The number of carbonyl (C=O) groups is 1. The minimum Gasteiger partial charge on any atom is -0.469 e. The summed E-state index contributed by atoms with van der Waals surface area (Å²) in [7, 11) is 1.29. The van der Waals surface area contributed by atoms with E-state index >= 15 is 0 Å². The molecule has 0 aliphatic rings. The van der Waals surface area contributed by atoms with Crippen LogP contribution in [-0.4, -0.2) is 13.1 Å². The van der Waals surface area contributed by atoms with Gasteiger partial charge in [-0.2, -0.15) is 0 Å². The molecule has 1 rings (SSSR count). The Morgan fingerprint density at radius 3 is 2.81 bits per heavy atom. The normalized spacial score (nSPS) is 11.5. The molecule has 0 saturated heterocycles. The van der Waals surface area contributed by atoms with Gasteiger partial charge in [0.15, 0.2) is 0 Å². The zero-order valence-corrected chi connectivity index (χ0v) is 11.0. The second kappa shape index (κ2) is 6.83. The Hall–Kier alpha value is -0.650. The lowest BCUT2D eigenvalue weighted by atomic mass is 10.0. The van der Waals surface area contributed by atoms with Crippen molar-refractivity contribution >= 4 is 34.3 Å². The molecule has 2 N–H and O–H groups in total. The van der Waals surface area contributed by atoms with Crippen molar-refractivity contribution in [1.29, 1.82) is 0 Å². The molecular weight excluding hydrogens is 300 g/mol. The molecule has 0 fully saturated rings. The molecule has 1 atom stereocenters. The molecule has 0 unspecified atom stereocenters.